The molecule has 7 nitrogen and oxygen atoms in total. The molecule has 2 aromatic carbocycles. The Morgan fingerprint density at radius 1 is 1.00 bits per heavy atom. The standard InChI is InChI=1S/C24H28N2O5/c1-4-25(5-2)20-12-10-17(11-13-20)23(28)31-16-22(27)26-15-19-9-7-6-8-18(19)14-21(26)24(29)30-3/h6-13,21H,4-5,14-16H2,1-3H3/t21-/m0/s1. The summed E-state index contributed by atoms with van der Waals surface area (Å²) < 4.78 is 10.1. The van der Waals surface area contributed by atoms with E-state index in [1.54, 1.807) is 12.1 Å². The fourth-order valence-corrected chi connectivity index (χ4v) is 3.82. The molecule has 1 amide bonds. The molecule has 0 saturated carbocycles. The minimum Gasteiger partial charge on any atom is -0.467 e. The highest BCUT2D eigenvalue weighted by Crippen LogP contribution is 2.24. The van der Waals surface area contributed by atoms with E-state index in [-0.39, 0.29) is 6.54 Å². The lowest BCUT2D eigenvalue weighted by Gasteiger charge is -2.35. The molecule has 1 atom stereocenters. The molecule has 1 heterocycles. The van der Waals surface area contributed by atoms with Crippen molar-refractivity contribution in [3.63, 3.8) is 0 Å². The first-order chi connectivity index (χ1) is 15.0. The minimum atomic E-state index is -0.737. The smallest absolute Gasteiger partial charge is 0.338 e. The average molecular weight is 424 g/mol. The van der Waals surface area contributed by atoms with Gasteiger partial charge in [-0.25, -0.2) is 9.59 Å². The van der Waals surface area contributed by atoms with Crippen LogP contribution in [-0.4, -0.2) is 55.6 Å². The number of hydrogen-bond donors (Lipinski definition) is 0. The highest BCUT2D eigenvalue weighted by Gasteiger charge is 2.35. The van der Waals surface area contributed by atoms with Crippen LogP contribution in [0.3, 0.4) is 0 Å². The number of esters is 2. The summed E-state index contributed by atoms with van der Waals surface area (Å²) >= 11 is 0. The predicted molar refractivity (Wildman–Crippen MR) is 117 cm³/mol. The molecule has 0 aliphatic carbocycles. The van der Waals surface area contributed by atoms with Crippen LogP contribution in [0.5, 0.6) is 0 Å². The zero-order valence-corrected chi connectivity index (χ0v) is 18.2. The molecule has 1 aliphatic heterocycles. The monoisotopic (exact) mass is 424 g/mol. The summed E-state index contributed by atoms with van der Waals surface area (Å²) in [6.45, 7) is 5.71. The van der Waals surface area contributed by atoms with Crippen LogP contribution in [-0.2, 0) is 32.0 Å². The van der Waals surface area contributed by atoms with Gasteiger partial charge in [0.05, 0.1) is 12.7 Å². The van der Waals surface area contributed by atoms with E-state index in [0.717, 1.165) is 29.9 Å². The topological polar surface area (TPSA) is 76.2 Å². The second-order valence-electron chi connectivity index (χ2n) is 7.33. The van der Waals surface area contributed by atoms with Gasteiger partial charge in [0.1, 0.15) is 6.04 Å². The number of amides is 1. The molecule has 7 heteroatoms. The van der Waals surface area contributed by atoms with Gasteiger partial charge in [-0.1, -0.05) is 24.3 Å². The first kappa shape index (κ1) is 22.3. The Morgan fingerprint density at radius 3 is 2.26 bits per heavy atom. The molecule has 31 heavy (non-hydrogen) atoms. The van der Waals surface area contributed by atoms with Crippen LogP contribution in [0, 0.1) is 0 Å². The van der Waals surface area contributed by atoms with Gasteiger partial charge in [-0.3, -0.25) is 4.79 Å². The van der Waals surface area contributed by atoms with Crippen LogP contribution in [0.2, 0.25) is 0 Å². The van der Waals surface area contributed by atoms with Gasteiger partial charge in [0.15, 0.2) is 6.61 Å². The summed E-state index contributed by atoms with van der Waals surface area (Å²) in [6.07, 6.45) is 0.370. The quantitative estimate of drug-likeness (QED) is 0.636. The summed E-state index contributed by atoms with van der Waals surface area (Å²) in [6, 6.07) is 14.0. The van der Waals surface area contributed by atoms with Gasteiger partial charge < -0.3 is 19.3 Å². The molecular formula is C24H28N2O5. The van der Waals surface area contributed by atoms with Crippen molar-refractivity contribution in [2.75, 3.05) is 31.7 Å². The number of hydrogen-bond acceptors (Lipinski definition) is 6. The summed E-state index contributed by atoms with van der Waals surface area (Å²) in [5.74, 6) is -1.49. The van der Waals surface area contributed by atoms with Crippen molar-refractivity contribution in [1.29, 1.82) is 0 Å². The molecule has 0 radical (unpaired) electrons. The van der Waals surface area contributed by atoms with Gasteiger partial charge in [-0.05, 0) is 49.2 Å². The van der Waals surface area contributed by atoms with Crippen molar-refractivity contribution >= 4 is 23.5 Å². The van der Waals surface area contributed by atoms with Crippen LogP contribution in [0.1, 0.15) is 35.3 Å². The van der Waals surface area contributed by atoms with E-state index in [1.165, 1.54) is 12.0 Å². The van der Waals surface area contributed by atoms with Crippen molar-refractivity contribution in [1.82, 2.24) is 4.90 Å². The Morgan fingerprint density at radius 2 is 1.65 bits per heavy atom. The second-order valence-corrected chi connectivity index (χ2v) is 7.33. The summed E-state index contributed by atoms with van der Waals surface area (Å²) in [5, 5.41) is 0. The predicted octanol–water partition coefficient (Wildman–Crippen LogP) is 2.82. The number of rotatable bonds is 7. The number of nitrogens with zero attached hydrogens (tertiary/aromatic N) is 2. The lowest BCUT2D eigenvalue weighted by molar-refractivity contribution is -0.155. The van der Waals surface area contributed by atoms with E-state index in [4.69, 9.17) is 9.47 Å². The number of carbonyl (C=O) groups is 3. The first-order valence-corrected chi connectivity index (χ1v) is 10.4. The first-order valence-electron chi connectivity index (χ1n) is 10.4. The molecule has 3 rings (SSSR count). The third kappa shape index (κ3) is 5.05. The third-order valence-electron chi connectivity index (χ3n) is 5.60. The van der Waals surface area contributed by atoms with Crippen LogP contribution in [0.4, 0.5) is 5.69 Å². The normalized spacial score (nSPS) is 15.1. The van der Waals surface area contributed by atoms with Gasteiger partial charge in [0.2, 0.25) is 0 Å². The second kappa shape index (κ2) is 10.1. The van der Waals surface area contributed by atoms with E-state index in [1.807, 2.05) is 36.4 Å². The minimum absolute atomic E-state index is 0.269. The molecule has 0 unspecified atom stereocenters. The Kier molecular flexibility index (Phi) is 7.28. The molecule has 0 N–H and O–H groups in total. The molecule has 0 bridgehead atoms. The van der Waals surface area contributed by atoms with Crippen molar-refractivity contribution < 1.29 is 23.9 Å². The molecule has 0 aromatic heterocycles. The van der Waals surface area contributed by atoms with Gasteiger partial charge in [0.25, 0.3) is 5.91 Å². The van der Waals surface area contributed by atoms with E-state index < -0.39 is 30.5 Å². The van der Waals surface area contributed by atoms with E-state index in [9.17, 15) is 14.4 Å². The van der Waals surface area contributed by atoms with Crippen LogP contribution in [0.15, 0.2) is 48.5 Å². The number of carbonyl (C=O) groups excluding carboxylic acids is 3. The maximum Gasteiger partial charge on any atom is 0.338 e. The number of benzene rings is 2. The van der Waals surface area contributed by atoms with Crippen LogP contribution in [0.25, 0.3) is 0 Å². The van der Waals surface area contributed by atoms with Gasteiger partial charge in [-0.15, -0.1) is 0 Å². The number of methoxy groups -OCH3 is 1. The lowest BCUT2D eigenvalue weighted by atomic mass is 9.94. The van der Waals surface area contributed by atoms with Crippen molar-refractivity contribution in [2.24, 2.45) is 0 Å². The number of anilines is 1. The highest BCUT2D eigenvalue weighted by atomic mass is 16.5. The Balaban J connectivity index is 1.66. The van der Waals surface area contributed by atoms with Gasteiger partial charge in [-0.2, -0.15) is 0 Å². The van der Waals surface area contributed by atoms with E-state index in [0.29, 0.717) is 12.0 Å². The summed E-state index contributed by atoms with van der Waals surface area (Å²) in [7, 11) is 1.30. The molecule has 0 spiro atoms. The zero-order valence-electron chi connectivity index (χ0n) is 18.2. The third-order valence-corrected chi connectivity index (χ3v) is 5.60. The molecular weight excluding hydrogens is 396 g/mol. The SMILES string of the molecule is CCN(CC)c1ccc(C(=O)OCC(=O)N2Cc3ccccc3C[C@H]2C(=O)OC)cc1. The van der Waals surface area contributed by atoms with E-state index in [2.05, 4.69) is 18.7 Å². The number of ether oxygens (including phenoxy) is 2. The molecule has 2 aromatic rings. The van der Waals surface area contributed by atoms with Gasteiger partial charge >= 0.3 is 11.9 Å². The zero-order chi connectivity index (χ0) is 22.4. The van der Waals surface area contributed by atoms with Crippen LogP contribution >= 0.6 is 0 Å². The molecule has 164 valence electrons. The molecule has 1 aliphatic rings. The average Bonchev–Trinajstić information content (AvgIpc) is 2.82. The van der Waals surface area contributed by atoms with Crippen molar-refractivity contribution in [2.45, 2.75) is 32.9 Å². The van der Waals surface area contributed by atoms with Crippen molar-refractivity contribution in [3.8, 4) is 0 Å². The fourth-order valence-electron chi connectivity index (χ4n) is 3.82. The highest BCUT2D eigenvalue weighted by molar-refractivity contribution is 5.92. The molecule has 0 saturated heterocycles. The Labute approximate surface area is 182 Å². The largest absolute Gasteiger partial charge is 0.467 e. The Hall–Kier alpha value is -3.35. The van der Waals surface area contributed by atoms with Gasteiger partial charge in [0, 0.05) is 31.7 Å². The van der Waals surface area contributed by atoms with Crippen molar-refractivity contribution in [3.05, 3.63) is 65.2 Å². The summed E-state index contributed by atoms with van der Waals surface area (Å²) in [4.78, 5) is 41.1. The summed E-state index contributed by atoms with van der Waals surface area (Å²) in [5.41, 5.74) is 3.37. The lowest BCUT2D eigenvalue weighted by Crippen LogP contribution is -2.50. The number of fused-ring (bicyclic) bond motifs is 1. The maximum absolute atomic E-state index is 12.8. The van der Waals surface area contributed by atoms with E-state index >= 15 is 0 Å². The maximum atomic E-state index is 12.8. The molecule has 0 fully saturated rings. The Bertz CT molecular complexity index is 937. The van der Waals surface area contributed by atoms with Crippen LogP contribution < -0.4 is 4.90 Å². The fraction of sp³-hybridized carbons (Fsp3) is 0.375.